The highest BCUT2D eigenvalue weighted by Crippen LogP contribution is 2.21. The van der Waals surface area contributed by atoms with Crippen molar-refractivity contribution in [2.75, 3.05) is 24.9 Å². The fraction of sp³-hybridized carbons (Fsp3) is 0.333. The maximum absolute atomic E-state index is 12.9. The van der Waals surface area contributed by atoms with Gasteiger partial charge in [0.05, 0.1) is 7.11 Å². The number of benzene rings is 1. The number of nitrogens with one attached hydrogen (secondary N) is 1. The molecule has 0 aliphatic carbocycles. The fourth-order valence-corrected chi connectivity index (χ4v) is 1.06. The molecule has 0 atom stereocenters. The second-order valence-corrected chi connectivity index (χ2v) is 2.84. The Labute approximate surface area is 81.7 Å². The Hall–Kier alpha value is -0.960. The lowest BCUT2D eigenvalue weighted by molar-refractivity contribution is 0.387. The van der Waals surface area contributed by atoms with Crippen LogP contribution in [0.5, 0.6) is 5.75 Å². The van der Waals surface area contributed by atoms with Crippen molar-refractivity contribution >= 4 is 17.3 Å². The van der Waals surface area contributed by atoms with Gasteiger partial charge in [0.25, 0.3) is 0 Å². The second-order valence-electron chi connectivity index (χ2n) is 2.47. The number of rotatable bonds is 4. The molecule has 13 heavy (non-hydrogen) atoms. The highest BCUT2D eigenvalue weighted by molar-refractivity contribution is 6.18. The van der Waals surface area contributed by atoms with Crippen LogP contribution in [0.2, 0.25) is 0 Å². The maximum Gasteiger partial charge on any atom is 0.165 e. The molecule has 0 unspecified atom stereocenters. The Kier molecular flexibility index (Phi) is 3.83. The van der Waals surface area contributed by atoms with Gasteiger partial charge in [0.1, 0.15) is 0 Å². The van der Waals surface area contributed by atoms with Gasteiger partial charge < -0.3 is 10.1 Å². The zero-order valence-electron chi connectivity index (χ0n) is 7.31. The molecule has 0 bridgehead atoms. The number of alkyl halides is 1. The van der Waals surface area contributed by atoms with Crippen molar-refractivity contribution in [3.8, 4) is 5.75 Å². The molecule has 0 amide bonds. The SMILES string of the molecule is COc1cc(NCCCl)ccc1F. The maximum atomic E-state index is 12.9. The van der Waals surface area contributed by atoms with Crippen LogP contribution in [0.1, 0.15) is 0 Å². The van der Waals surface area contributed by atoms with Gasteiger partial charge >= 0.3 is 0 Å². The van der Waals surface area contributed by atoms with Gasteiger partial charge in [-0.1, -0.05) is 0 Å². The molecule has 2 nitrogen and oxygen atoms in total. The molecule has 0 fully saturated rings. The van der Waals surface area contributed by atoms with Crippen LogP contribution < -0.4 is 10.1 Å². The summed E-state index contributed by atoms with van der Waals surface area (Å²) in [5, 5.41) is 3.02. The number of methoxy groups -OCH3 is 1. The summed E-state index contributed by atoms with van der Waals surface area (Å²) in [7, 11) is 1.43. The summed E-state index contributed by atoms with van der Waals surface area (Å²) in [5.74, 6) is 0.387. The predicted octanol–water partition coefficient (Wildman–Crippen LogP) is 2.49. The Morgan fingerprint density at radius 1 is 1.54 bits per heavy atom. The lowest BCUT2D eigenvalue weighted by Crippen LogP contribution is -2.02. The zero-order chi connectivity index (χ0) is 9.68. The fourth-order valence-electron chi connectivity index (χ4n) is 0.961. The van der Waals surface area contributed by atoms with Gasteiger partial charge in [0.2, 0.25) is 0 Å². The lowest BCUT2D eigenvalue weighted by atomic mass is 10.3. The topological polar surface area (TPSA) is 21.3 Å². The van der Waals surface area contributed by atoms with E-state index in [0.717, 1.165) is 5.69 Å². The molecular weight excluding hydrogens is 193 g/mol. The van der Waals surface area contributed by atoms with Gasteiger partial charge in [-0.05, 0) is 12.1 Å². The van der Waals surface area contributed by atoms with Gasteiger partial charge in [-0.15, -0.1) is 11.6 Å². The molecular formula is C9H11ClFNO. The highest BCUT2D eigenvalue weighted by atomic mass is 35.5. The number of halogens is 2. The summed E-state index contributed by atoms with van der Waals surface area (Å²) in [6, 6.07) is 4.60. The van der Waals surface area contributed by atoms with E-state index in [-0.39, 0.29) is 11.6 Å². The molecule has 0 saturated carbocycles. The Balaban J connectivity index is 2.74. The van der Waals surface area contributed by atoms with Gasteiger partial charge in [-0.2, -0.15) is 0 Å². The number of anilines is 1. The third kappa shape index (κ3) is 2.77. The summed E-state index contributed by atoms with van der Waals surface area (Å²) >= 11 is 5.49. The quantitative estimate of drug-likeness (QED) is 0.760. The smallest absolute Gasteiger partial charge is 0.165 e. The second kappa shape index (κ2) is 4.92. The molecule has 0 saturated heterocycles. The summed E-state index contributed by atoms with van der Waals surface area (Å²) in [6.07, 6.45) is 0. The number of ether oxygens (including phenoxy) is 1. The van der Waals surface area contributed by atoms with Crippen molar-refractivity contribution < 1.29 is 9.13 Å². The van der Waals surface area contributed by atoms with E-state index in [2.05, 4.69) is 5.32 Å². The molecule has 72 valence electrons. The van der Waals surface area contributed by atoms with Crippen molar-refractivity contribution in [2.24, 2.45) is 0 Å². The van der Waals surface area contributed by atoms with Gasteiger partial charge in [-0.25, -0.2) is 4.39 Å². The molecule has 0 spiro atoms. The molecule has 0 aliphatic heterocycles. The molecule has 0 aromatic heterocycles. The molecule has 1 aromatic rings. The third-order valence-corrected chi connectivity index (χ3v) is 1.76. The molecule has 1 aromatic carbocycles. The first-order valence-corrected chi connectivity index (χ1v) is 4.44. The largest absolute Gasteiger partial charge is 0.494 e. The van der Waals surface area contributed by atoms with Crippen molar-refractivity contribution in [3.63, 3.8) is 0 Å². The Morgan fingerprint density at radius 2 is 2.31 bits per heavy atom. The van der Waals surface area contributed by atoms with E-state index in [0.29, 0.717) is 12.4 Å². The first-order chi connectivity index (χ1) is 6.27. The first-order valence-electron chi connectivity index (χ1n) is 3.91. The number of hydrogen-bond acceptors (Lipinski definition) is 2. The summed E-state index contributed by atoms with van der Waals surface area (Å²) in [5.41, 5.74) is 0.805. The van der Waals surface area contributed by atoms with Gasteiger partial charge in [-0.3, -0.25) is 0 Å². The van der Waals surface area contributed by atoms with Crippen LogP contribution in [-0.4, -0.2) is 19.5 Å². The van der Waals surface area contributed by atoms with Crippen LogP contribution in [0.3, 0.4) is 0 Å². The summed E-state index contributed by atoms with van der Waals surface area (Å²) in [4.78, 5) is 0. The van der Waals surface area contributed by atoms with Crippen LogP contribution in [-0.2, 0) is 0 Å². The lowest BCUT2D eigenvalue weighted by Gasteiger charge is -2.06. The number of hydrogen-bond donors (Lipinski definition) is 1. The minimum absolute atomic E-state index is 0.236. The molecule has 1 N–H and O–H groups in total. The molecule has 0 radical (unpaired) electrons. The summed E-state index contributed by atoms with van der Waals surface area (Å²) in [6.45, 7) is 0.649. The molecule has 0 aliphatic rings. The van der Waals surface area contributed by atoms with Crippen LogP contribution in [0.15, 0.2) is 18.2 Å². The van der Waals surface area contributed by atoms with Crippen molar-refractivity contribution in [2.45, 2.75) is 0 Å². The van der Waals surface area contributed by atoms with E-state index in [4.69, 9.17) is 16.3 Å². The predicted molar refractivity (Wildman–Crippen MR) is 52.2 cm³/mol. The normalized spacial score (nSPS) is 9.77. The van der Waals surface area contributed by atoms with E-state index in [1.807, 2.05) is 0 Å². The average Bonchev–Trinajstić information content (AvgIpc) is 2.16. The van der Waals surface area contributed by atoms with E-state index >= 15 is 0 Å². The highest BCUT2D eigenvalue weighted by Gasteiger charge is 2.02. The van der Waals surface area contributed by atoms with E-state index in [9.17, 15) is 4.39 Å². The van der Waals surface area contributed by atoms with E-state index in [1.54, 1.807) is 12.1 Å². The average molecular weight is 204 g/mol. The third-order valence-electron chi connectivity index (χ3n) is 1.57. The molecule has 1 rings (SSSR count). The van der Waals surface area contributed by atoms with Crippen molar-refractivity contribution in [1.29, 1.82) is 0 Å². The van der Waals surface area contributed by atoms with E-state index in [1.165, 1.54) is 13.2 Å². The monoisotopic (exact) mass is 203 g/mol. The Morgan fingerprint density at radius 3 is 2.92 bits per heavy atom. The minimum atomic E-state index is -0.362. The first kappa shape index (κ1) is 10.1. The van der Waals surface area contributed by atoms with Crippen LogP contribution >= 0.6 is 11.6 Å². The van der Waals surface area contributed by atoms with Crippen molar-refractivity contribution in [1.82, 2.24) is 0 Å². The van der Waals surface area contributed by atoms with E-state index < -0.39 is 0 Å². The van der Waals surface area contributed by atoms with Crippen molar-refractivity contribution in [3.05, 3.63) is 24.0 Å². The Bertz CT molecular complexity index is 280. The standard InChI is InChI=1S/C9H11ClFNO/c1-13-9-6-7(12-5-4-10)2-3-8(9)11/h2-3,6,12H,4-5H2,1H3. The van der Waals surface area contributed by atoms with Gasteiger partial charge in [0, 0.05) is 24.2 Å². The van der Waals surface area contributed by atoms with Crippen LogP contribution in [0.4, 0.5) is 10.1 Å². The molecule has 0 heterocycles. The molecule has 4 heteroatoms. The summed E-state index contributed by atoms with van der Waals surface area (Å²) < 4.78 is 17.7. The van der Waals surface area contributed by atoms with Crippen LogP contribution in [0, 0.1) is 5.82 Å². The minimum Gasteiger partial charge on any atom is -0.494 e. The van der Waals surface area contributed by atoms with Crippen LogP contribution in [0.25, 0.3) is 0 Å². The van der Waals surface area contributed by atoms with Gasteiger partial charge in [0.15, 0.2) is 11.6 Å². The zero-order valence-corrected chi connectivity index (χ0v) is 8.07.